The molecular weight excluding hydrogens is 310 g/mol. The smallest absolute Gasteiger partial charge is 0.227 e. The van der Waals surface area contributed by atoms with Gasteiger partial charge < -0.3 is 10.1 Å². The van der Waals surface area contributed by atoms with Crippen molar-refractivity contribution in [2.75, 3.05) is 12.4 Å². The highest BCUT2D eigenvalue weighted by Crippen LogP contribution is 2.48. The summed E-state index contributed by atoms with van der Waals surface area (Å²) in [6.07, 6.45) is 3.19. The Balaban J connectivity index is 2.12. The zero-order chi connectivity index (χ0) is 18.8. The molecular formula is C22H35NO2. The maximum atomic E-state index is 12.9. The fraction of sp³-hybridized carbons (Fsp3) is 0.682. The second-order valence-electron chi connectivity index (χ2n) is 9.75. The standard InChI is InChI=1S/C22H35NO2/c1-21(2,3)16-12-15(13-17(14-16)22(4,5)6)20(24)23-18-8-10-19(25-7)11-9-18/h8-11,15-17H,12-14H2,1-7H3,(H,23,24). The molecule has 1 amide bonds. The third-order valence-corrected chi connectivity index (χ3v) is 5.88. The second kappa shape index (κ2) is 7.39. The van der Waals surface area contributed by atoms with Crippen molar-refractivity contribution in [3.63, 3.8) is 0 Å². The molecule has 2 unspecified atom stereocenters. The Morgan fingerprint density at radius 2 is 1.40 bits per heavy atom. The minimum absolute atomic E-state index is 0.0873. The van der Waals surface area contributed by atoms with Crippen molar-refractivity contribution in [3.8, 4) is 5.75 Å². The van der Waals surface area contributed by atoms with Crippen LogP contribution in [0.5, 0.6) is 5.75 Å². The number of anilines is 1. The van der Waals surface area contributed by atoms with E-state index in [9.17, 15) is 4.79 Å². The Bertz CT molecular complexity index is 556. The van der Waals surface area contributed by atoms with Crippen molar-refractivity contribution in [1.29, 1.82) is 0 Å². The number of methoxy groups -OCH3 is 1. The van der Waals surface area contributed by atoms with E-state index in [1.165, 1.54) is 6.42 Å². The van der Waals surface area contributed by atoms with Gasteiger partial charge in [-0.05, 0) is 66.2 Å². The molecule has 0 aromatic heterocycles. The van der Waals surface area contributed by atoms with Gasteiger partial charge in [0.2, 0.25) is 5.91 Å². The number of benzene rings is 1. The summed E-state index contributed by atoms with van der Waals surface area (Å²) < 4.78 is 5.18. The molecule has 3 heteroatoms. The first-order valence-electron chi connectivity index (χ1n) is 9.45. The van der Waals surface area contributed by atoms with E-state index in [1.807, 2.05) is 24.3 Å². The van der Waals surface area contributed by atoms with Crippen LogP contribution in [0.15, 0.2) is 24.3 Å². The Kier molecular flexibility index (Phi) is 5.86. The molecule has 0 spiro atoms. The Morgan fingerprint density at radius 3 is 1.80 bits per heavy atom. The first-order chi connectivity index (χ1) is 11.5. The highest BCUT2D eigenvalue weighted by atomic mass is 16.5. The van der Waals surface area contributed by atoms with E-state index in [0.29, 0.717) is 11.8 Å². The third kappa shape index (κ3) is 5.23. The molecule has 0 saturated heterocycles. The fourth-order valence-electron chi connectivity index (χ4n) is 3.87. The summed E-state index contributed by atoms with van der Waals surface area (Å²) in [5.41, 5.74) is 1.32. The molecule has 1 aliphatic rings. The van der Waals surface area contributed by atoms with Gasteiger partial charge in [-0.25, -0.2) is 0 Å². The Hall–Kier alpha value is -1.51. The monoisotopic (exact) mass is 345 g/mol. The lowest BCUT2D eigenvalue weighted by molar-refractivity contribution is -0.123. The van der Waals surface area contributed by atoms with Crippen molar-refractivity contribution >= 4 is 11.6 Å². The molecule has 1 N–H and O–H groups in total. The van der Waals surface area contributed by atoms with Gasteiger partial charge in [0.05, 0.1) is 7.11 Å². The number of nitrogens with one attached hydrogen (secondary N) is 1. The van der Waals surface area contributed by atoms with Crippen molar-refractivity contribution < 1.29 is 9.53 Å². The lowest BCUT2D eigenvalue weighted by Crippen LogP contribution is -2.40. The molecule has 1 fully saturated rings. The minimum atomic E-state index is 0.0873. The summed E-state index contributed by atoms with van der Waals surface area (Å²) in [5, 5.41) is 3.11. The van der Waals surface area contributed by atoms with Gasteiger partial charge in [0.1, 0.15) is 5.75 Å². The van der Waals surface area contributed by atoms with Crippen LogP contribution in [0.1, 0.15) is 60.8 Å². The lowest BCUT2D eigenvalue weighted by atomic mass is 9.60. The highest BCUT2D eigenvalue weighted by molar-refractivity contribution is 5.92. The molecule has 0 heterocycles. The number of ether oxygens (including phenoxy) is 1. The van der Waals surface area contributed by atoms with Crippen molar-refractivity contribution in [1.82, 2.24) is 0 Å². The van der Waals surface area contributed by atoms with Crippen molar-refractivity contribution in [2.45, 2.75) is 60.8 Å². The van der Waals surface area contributed by atoms with Gasteiger partial charge in [0.25, 0.3) is 0 Å². The normalized spacial score (nSPS) is 24.7. The van der Waals surface area contributed by atoms with Crippen LogP contribution in [0.4, 0.5) is 5.69 Å². The third-order valence-electron chi connectivity index (χ3n) is 5.88. The molecule has 25 heavy (non-hydrogen) atoms. The van der Waals surface area contributed by atoms with E-state index in [-0.39, 0.29) is 22.7 Å². The predicted molar refractivity (Wildman–Crippen MR) is 105 cm³/mol. The summed E-state index contributed by atoms with van der Waals surface area (Å²) in [6, 6.07) is 7.57. The number of carbonyl (C=O) groups excluding carboxylic acids is 1. The van der Waals surface area contributed by atoms with Crippen LogP contribution in [-0.2, 0) is 4.79 Å². The fourth-order valence-corrected chi connectivity index (χ4v) is 3.87. The first-order valence-corrected chi connectivity index (χ1v) is 9.45. The summed E-state index contributed by atoms with van der Waals surface area (Å²) >= 11 is 0. The van der Waals surface area contributed by atoms with Crippen LogP contribution < -0.4 is 10.1 Å². The second-order valence-corrected chi connectivity index (χ2v) is 9.75. The van der Waals surface area contributed by atoms with Crippen LogP contribution in [0.25, 0.3) is 0 Å². The molecule has 2 rings (SSSR count). The van der Waals surface area contributed by atoms with Crippen LogP contribution in [0.2, 0.25) is 0 Å². The summed E-state index contributed by atoms with van der Waals surface area (Å²) in [4.78, 5) is 12.9. The molecule has 1 saturated carbocycles. The molecule has 1 aromatic rings. The van der Waals surface area contributed by atoms with E-state index in [2.05, 4.69) is 46.9 Å². The summed E-state index contributed by atoms with van der Waals surface area (Å²) in [5.74, 6) is 2.21. The highest BCUT2D eigenvalue weighted by Gasteiger charge is 2.41. The van der Waals surface area contributed by atoms with Gasteiger partial charge >= 0.3 is 0 Å². The molecule has 0 bridgehead atoms. The van der Waals surface area contributed by atoms with Gasteiger partial charge in [-0.2, -0.15) is 0 Å². The van der Waals surface area contributed by atoms with Crippen LogP contribution in [0, 0.1) is 28.6 Å². The topological polar surface area (TPSA) is 38.3 Å². The lowest BCUT2D eigenvalue weighted by Gasteiger charge is -2.45. The molecule has 2 atom stereocenters. The van der Waals surface area contributed by atoms with Crippen molar-refractivity contribution in [2.24, 2.45) is 28.6 Å². The van der Waals surface area contributed by atoms with E-state index < -0.39 is 0 Å². The molecule has 0 aliphatic heterocycles. The summed E-state index contributed by atoms with van der Waals surface area (Å²) in [7, 11) is 1.65. The maximum absolute atomic E-state index is 12.9. The number of rotatable bonds is 3. The van der Waals surface area contributed by atoms with E-state index in [0.717, 1.165) is 24.3 Å². The van der Waals surface area contributed by atoms with Crippen LogP contribution in [0.3, 0.4) is 0 Å². The Labute approximate surface area is 153 Å². The molecule has 1 aliphatic carbocycles. The van der Waals surface area contributed by atoms with Gasteiger partial charge in [-0.1, -0.05) is 41.5 Å². The average Bonchev–Trinajstić information content (AvgIpc) is 2.53. The number of hydrogen-bond donors (Lipinski definition) is 1. The van der Waals surface area contributed by atoms with E-state index in [4.69, 9.17) is 4.74 Å². The SMILES string of the molecule is COc1ccc(NC(=O)C2CC(C(C)(C)C)CC(C(C)(C)C)C2)cc1. The molecule has 3 nitrogen and oxygen atoms in total. The van der Waals surface area contributed by atoms with Gasteiger partial charge in [-0.15, -0.1) is 0 Å². The van der Waals surface area contributed by atoms with Crippen molar-refractivity contribution in [3.05, 3.63) is 24.3 Å². The zero-order valence-electron chi connectivity index (χ0n) is 17.0. The predicted octanol–water partition coefficient (Wildman–Crippen LogP) is 5.76. The number of carbonyl (C=O) groups is 1. The van der Waals surface area contributed by atoms with Crippen LogP contribution >= 0.6 is 0 Å². The first kappa shape index (κ1) is 19.8. The summed E-state index contributed by atoms with van der Waals surface area (Å²) in [6.45, 7) is 13.8. The van der Waals surface area contributed by atoms with Crippen LogP contribution in [-0.4, -0.2) is 13.0 Å². The minimum Gasteiger partial charge on any atom is -0.497 e. The molecule has 140 valence electrons. The van der Waals surface area contributed by atoms with Gasteiger partial charge in [0.15, 0.2) is 0 Å². The van der Waals surface area contributed by atoms with E-state index >= 15 is 0 Å². The van der Waals surface area contributed by atoms with Gasteiger partial charge in [0, 0.05) is 11.6 Å². The van der Waals surface area contributed by atoms with E-state index in [1.54, 1.807) is 7.11 Å². The Morgan fingerprint density at radius 1 is 0.920 bits per heavy atom. The molecule has 1 aromatic carbocycles. The molecule has 0 radical (unpaired) electrons. The quantitative estimate of drug-likeness (QED) is 0.756. The number of amides is 1. The zero-order valence-corrected chi connectivity index (χ0v) is 17.0. The number of hydrogen-bond acceptors (Lipinski definition) is 2. The average molecular weight is 346 g/mol. The maximum Gasteiger partial charge on any atom is 0.227 e. The largest absolute Gasteiger partial charge is 0.497 e. The van der Waals surface area contributed by atoms with Gasteiger partial charge in [-0.3, -0.25) is 4.79 Å².